The van der Waals surface area contributed by atoms with Crippen molar-refractivity contribution in [1.82, 2.24) is 0 Å². The molecule has 0 saturated heterocycles. The highest BCUT2D eigenvalue weighted by Gasteiger charge is 2.19. The minimum Gasteiger partial charge on any atom is -0.464 e. The van der Waals surface area contributed by atoms with Gasteiger partial charge in [-0.25, -0.2) is 13.2 Å². The Hall–Kier alpha value is -1.17. The van der Waals surface area contributed by atoms with E-state index < -0.39 is 17.8 Å². The van der Waals surface area contributed by atoms with E-state index in [-0.39, 0.29) is 18.0 Å². The van der Waals surface area contributed by atoms with Crippen LogP contribution >= 0.6 is 0 Å². The number of hydrogen-bond acceptors (Lipinski definition) is 2. The van der Waals surface area contributed by atoms with Crippen LogP contribution in [0, 0.1) is 5.82 Å². The molecule has 82 valence electrons. The predicted octanol–water partition coefficient (Wildman–Crippen LogP) is 1.00. The first-order valence-electron chi connectivity index (χ1n) is 4.26. The largest absolute Gasteiger partial charge is 0.464 e. The molecule has 15 heavy (non-hydrogen) atoms. The molecule has 0 aromatic heterocycles. The van der Waals surface area contributed by atoms with Crippen LogP contribution in [0.4, 0.5) is 13.2 Å². The van der Waals surface area contributed by atoms with E-state index in [2.05, 4.69) is 4.74 Å². The Morgan fingerprint density at radius 2 is 2.07 bits per heavy atom. The third-order valence-electron chi connectivity index (χ3n) is 1.91. The van der Waals surface area contributed by atoms with Crippen LogP contribution in [0.1, 0.15) is 12.0 Å². The Morgan fingerprint density at radius 3 is 2.60 bits per heavy atom. The van der Waals surface area contributed by atoms with Gasteiger partial charge in [-0.3, -0.25) is 0 Å². The molecule has 6 heteroatoms. The quantitative estimate of drug-likeness (QED) is 0.554. The predicted molar refractivity (Wildman–Crippen MR) is 52.0 cm³/mol. The van der Waals surface area contributed by atoms with Gasteiger partial charge in [0.25, 0.3) is 6.43 Å². The summed E-state index contributed by atoms with van der Waals surface area (Å²) in [5.74, 6) is -1.25. The number of alkyl halides is 2. The topological polar surface area (TPSA) is 18.5 Å². The van der Waals surface area contributed by atoms with Crippen molar-refractivity contribution < 1.29 is 22.6 Å². The van der Waals surface area contributed by atoms with Gasteiger partial charge < -0.3 is 9.47 Å². The van der Waals surface area contributed by atoms with Crippen molar-refractivity contribution in [3.05, 3.63) is 23.5 Å². The van der Waals surface area contributed by atoms with Crippen LogP contribution in [0.15, 0.2) is 12.1 Å². The lowest BCUT2D eigenvalue weighted by molar-refractivity contribution is 0.0474. The highest BCUT2D eigenvalue weighted by Crippen LogP contribution is 2.26. The summed E-state index contributed by atoms with van der Waals surface area (Å²) in [5.41, 5.74) is -0.420. The van der Waals surface area contributed by atoms with Crippen LogP contribution in [0.3, 0.4) is 0 Å². The second-order valence-electron chi connectivity index (χ2n) is 2.96. The number of ether oxygens (including phenoxy) is 2. The van der Waals surface area contributed by atoms with Crippen LogP contribution in [0.25, 0.3) is 0 Å². The molecule has 2 nitrogen and oxygen atoms in total. The molecule has 0 N–H and O–H groups in total. The maximum Gasteiger partial charge on any atom is 0.266 e. The van der Waals surface area contributed by atoms with Gasteiger partial charge in [0.15, 0.2) is 18.4 Å². The summed E-state index contributed by atoms with van der Waals surface area (Å²) in [6.45, 7) is -0.178. The van der Waals surface area contributed by atoms with Crippen molar-refractivity contribution in [2.75, 3.05) is 13.9 Å². The average Bonchev–Trinajstić information content (AvgIpc) is 2.16. The lowest BCUT2D eigenvalue weighted by Gasteiger charge is -2.11. The lowest BCUT2D eigenvalue weighted by Crippen LogP contribution is -2.15. The Morgan fingerprint density at radius 1 is 1.40 bits per heavy atom. The Kier molecular flexibility index (Phi) is 4.02. The van der Waals surface area contributed by atoms with Crippen LogP contribution in [0.5, 0.6) is 5.75 Å². The molecule has 1 rings (SSSR count). The summed E-state index contributed by atoms with van der Waals surface area (Å²) in [6, 6.07) is 2.69. The van der Waals surface area contributed by atoms with E-state index in [0.717, 1.165) is 0 Å². The van der Waals surface area contributed by atoms with E-state index >= 15 is 0 Å². The molecule has 0 amide bonds. The molecule has 0 saturated carbocycles. The molecular formula is C9H10BF3O2. The van der Waals surface area contributed by atoms with Crippen molar-refractivity contribution in [3.63, 3.8) is 0 Å². The summed E-state index contributed by atoms with van der Waals surface area (Å²) < 4.78 is 47.7. The number of hydrogen-bond donors (Lipinski definition) is 0. The number of benzene rings is 1. The highest BCUT2D eigenvalue weighted by molar-refractivity contribution is 6.33. The summed E-state index contributed by atoms with van der Waals surface area (Å²) in [6.07, 6.45) is -2.85. The number of methoxy groups -OCH3 is 1. The molecule has 0 fully saturated rings. The van der Waals surface area contributed by atoms with E-state index in [1.165, 1.54) is 27.1 Å². The molecule has 0 bridgehead atoms. The lowest BCUT2D eigenvalue weighted by atomic mass is 9.90. The number of halogens is 3. The van der Waals surface area contributed by atoms with E-state index in [9.17, 15) is 13.2 Å². The van der Waals surface area contributed by atoms with Crippen LogP contribution < -0.4 is 10.2 Å². The maximum atomic E-state index is 13.4. The van der Waals surface area contributed by atoms with Crippen LogP contribution in [0.2, 0.25) is 0 Å². The van der Waals surface area contributed by atoms with Crippen molar-refractivity contribution in [3.8, 4) is 5.75 Å². The molecule has 0 unspecified atom stereocenters. The first-order chi connectivity index (χ1) is 7.07. The highest BCUT2D eigenvalue weighted by atomic mass is 19.3. The van der Waals surface area contributed by atoms with E-state index in [1.54, 1.807) is 0 Å². The minimum absolute atomic E-state index is 0.178. The standard InChI is InChI=1S/C9H10BF3O2/c1-14-4-15-6-3-2-5(10)7(8(6)11)9(12)13/h2-3,9H,4,10H2,1H3. The van der Waals surface area contributed by atoms with Crippen molar-refractivity contribution in [2.45, 2.75) is 6.43 Å². The maximum absolute atomic E-state index is 13.4. The zero-order valence-corrected chi connectivity index (χ0v) is 8.39. The zero-order valence-electron chi connectivity index (χ0n) is 8.39. The van der Waals surface area contributed by atoms with Gasteiger partial charge in [0.1, 0.15) is 7.85 Å². The van der Waals surface area contributed by atoms with Crippen molar-refractivity contribution in [1.29, 1.82) is 0 Å². The second kappa shape index (κ2) is 5.07. The zero-order chi connectivity index (χ0) is 11.4. The Bertz CT molecular complexity index is 344. The molecule has 0 aliphatic heterocycles. The molecule has 0 atom stereocenters. The van der Waals surface area contributed by atoms with Crippen LogP contribution in [-0.2, 0) is 4.74 Å². The fourth-order valence-corrected chi connectivity index (χ4v) is 1.17. The van der Waals surface area contributed by atoms with E-state index in [1.807, 2.05) is 0 Å². The van der Waals surface area contributed by atoms with Gasteiger partial charge in [0, 0.05) is 7.11 Å². The SMILES string of the molecule is Bc1ccc(OCOC)c(F)c1C(F)F. The third-order valence-corrected chi connectivity index (χ3v) is 1.91. The fraction of sp³-hybridized carbons (Fsp3) is 0.333. The molecule has 0 radical (unpaired) electrons. The molecule has 0 aliphatic carbocycles. The monoisotopic (exact) mass is 218 g/mol. The smallest absolute Gasteiger partial charge is 0.266 e. The van der Waals surface area contributed by atoms with Gasteiger partial charge in [0.2, 0.25) is 0 Å². The molecule has 0 heterocycles. The van der Waals surface area contributed by atoms with E-state index in [4.69, 9.17) is 4.74 Å². The minimum atomic E-state index is -2.85. The molecule has 0 spiro atoms. The third kappa shape index (κ3) is 2.65. The Labute approximate surface area is 86.4 Å². The van der Waals surface area contributed by atoms with Crippen molar-refractivity contribution >= 4 is 13.3 Å². The Balaban J connectivity index is 3.05. The van der Waals surface area contributed by atoms with Gasteiger partial charge in [0.05, 0.1) is 5.56 Å². The molecule has 1 aromatic carbocycles. The van der Waals surface area contributed by atoms with E-state index in [0.29, 0.717) is 0 Å². The van der Waals surface area contributed by atoms with Crippen molar-refractivity contribution in [2.24, 2.45) is 0 Å². The van der Waals surface area contributed by atoms with Gasteiger partial charge in [-0.1, -0.05) is 11.5 Å². The first kappa shape index (κ1) is 11.9. The summed E-state index contributed by atoms with van der Waals surface area (Å²) >= 11 is 0. The molecular weight excluding hydrogens is 208 g/mol. The van der Waals surface area contributed by atoms with Crippen LogP contribution in [-0.4, -0.2) is 21.7 Å². The van der Waals surface area contributed by atoms with Gasteiger partial charge in [-0.05, 0) is 6.07 Å². The molecule has 0 aliphatic rings. The fourth-order valence-electron chi connectivity index (χ4n) is 1.17. The summed E-state index contributed by atoms with van der Waals surface area (Å²) in [7, 11) is 2.78. The summed E-state index contributed by atoms with van der Waals surface area (Å²) in [4.78, 5) is 0. The average molecular weight is 218 g/mol. The van der Waals surface area contributed by atoms with Gasteiger partial charge in [-0.2, -0.15) is 0 Å². The van der Waals surface area contributed by atoms with Gasteiger partial charge in [-0.15, -0.1) is 0 Å². The molecule has 1 aromatic rings. The first-order valence-corrected chi connectivity index (χ1v) is 4.26. The normalized spacial score (nSPS) is 10.7. The summed E-state index contributed by atoms with van der Waals surface area (Å²) in [5, 5.41) is 0. The second-order valence-corrected chi connectivity index (χ2v) is 2.96. The van der Waals surface area contributed by atoms with Gasteiger partial charge >= 0.3 is 0 Å². The number of rotatable bonds is 4.